The second kappa shape index (κ2) is 7.93. The van der Waals surface area contributed by atoms with Crippen molar-refractivity contribution in [3.63, 3.8) is 0 Å². The van der Waals surface area contributed by atoms with E-state index in [4.69, 9.17) is 0 Å². The van der Waals surface area contributed by atoms with Crippen LogP contribution in [0.15, 0.2) is 28.2 Å². The van der Waals surface area contributed by atoms with Crippen molar-refractivity contribution in [3.8, 4) is 0 Å². The maximum Gasteiger partial charge on any atom is 0.271 e. The van der Waals surface area contributed by atoms with E-state index in [1.807, 2.05) is 6.26 Å². The van der Waals surface area contributed by atoms with E-state index in [0.29, 0.717) is 22.1 Å². The maximum atomic E-state index is 12.1. The highest BCUT2D eigenvalue weighted by molar-refractivity contribution is 7.98. The summed E-state index contributed by atoms with van der Waals surface area (Å²) in [5.41, 5.74) is 1.82. The SMILES string of the molecule is CSc1nc(C)c(CCC(=O)Nc2cc([N+](=O)[O-])ccc2C)c(=O)[nH]1. The molecule has 0 radical (unpaired) electrons. The Hall–Kier alpha value is -2.68. The number of anilines is 1. The molecule has 0 bridgehead atoms. The fourth-order valence-corrected chi connectivity index (χ4v) is 2.71. The highest BCUT2D eigenvalue weighted by atomic mass is 32.2. The lowest BCUT2D eigenvalue weighted by atomic mass is 10.1. The Kier molecular flexibility index (Phi) is 5.92. The van der Waals surface area contributed by atoms with Gasteiger partial charge >= 0.3 is 0 Å². The van der Waals surface area contributed by atoms with Crippen LogP contribution in [0.5, 0.6) is 0 Å². The first-order valence-corrected chi connectivity index (χ1v) is 8.73. The number of nitrogens with one attached hydrogen (secondary N) is 2. The Labute approximate surface area is 148 Å². The van der Waals surface area contributed by atoms with E-state index in [2.05, 4.69) is 15.3 Å². The number of benzene rings is 1. The number of aryl methyl sites for hydroxylation is 2. The first kappa shape index (κ1) is 18.7. The van der Waals surface area contributed by atoms with E-state index < -0.39 is 4.92 Å². The first-order chi connectivity index (χ1) is 11.8. The third-order valence-corrected chi connectivity index (χ3v) is 4.28. The van der Waals surface area contributed by atoms with Gasteiger partial charge in [0.2, 0.25) is 5.91 Å². The van der Waals surface area contributed by atoms with Crippen molar-refractivity contribution in [3.05, 3.63) is 55.5 Å². The zero-order chi connectivity index (χ0) is 18.6. The molecule has 1 amide bonds. The summed E-state index contributed by atoms with van der Waals surface area (Å²) >= 11 is 1.34. The molecule has 2 aromatic rings. The van der Waals surface area contributed by atoms with Crippen LogP contribution >= 0.6 is 11.8 Å². The van der Waals surface area contributed by atoms with Crippen LogP contribution in [0.25, 0.3) is 0 Å². The average Bonchev–Trinajstić information content (AvgIpc) is 2.55. The normalized spacial score (nSPS) is 10.5. The molecule has 1 heterocycles. The van der Waals surface area contributed by atoms with Gasteiger partial charge in [-0.1, -0.05) is 17.8 Å². The Bertz CT molecular complexity index is 879. The smallest absolute Gasteiger partial charge is 0.271 e. The average molecular weight is 362 g/mol. The predicted octanol–water partition coefficient (Wildman–Crippen LogP) is 2.59. The molecule has 8 nitrogen and oxygen atoms in total. The number of carbonyl (C=O) groups is 1. The van der Waals surface area contributed by atoms with Crippen molar-refractivity contribution < 1.29 is 9.72 Å². The minimum Gasteiger partial charge on any atom is -0.326 e. The minimum atomic E-state index is -0.517. The van der Waals surface area contributed by atoms with Gasteiger partial charge in [0, 0.05) is 29.8 Å². The van der Waals surface area contributed by atoms with Crippen molar-refractivity contribution in [2.24, 2.45) is 0 Å². The van der Waals surface area contributed by atoms with Crippen LogP contribution < -0.4 is 10.9 Å². The molecule has 25 heavy (non-hydrogen) atoms. The Balaban J connectivity index is 2.08. The van der Waals surface area contributed by atoms with Crippen molar-refractivity contribution in [1.29, 1.82) is 0 Å². The predicted molar refractivity (Wildman–Crippen MR) is 96.2 cm³/mol. The Morgan fingerprint density at radius 3 is 2.72 bits per heavy atom. The van der Waals surface area contributed by atoms with E-state index in [0.717, 1.165) is 5.56 Å². The molecule has 0 saturated carbocycles. The first-order valence-electron chi connectivity index (χ1n) is 7.50. The van der Waals surface area contributed by atoms with Crippen LogP contribution in [-0.4, -0.2) is 27.1 Å². The zero-order valence-electron chi connectivity index (χ0n) is 14.1. The number of non-ortho nitro benzene ring substituents is 1. The summed E-state index contributed by atoms with van der Waals surface area (Å²) in [4.78, 5) is 41.4. The van der Waals surface area contributed by atoms with Gasteiger partial charge in [-0.05, 0) is 32.1 Å². The molecule has 0 saturated heterocycles. The summed E-state index contributed by atoms with van der Waals surface area (Å²) in [7, 11) is 0. The lowest BCUT2D eigenvalue weighted by molar-refractivity contribution is -0.384. The molecule has 0 aliphatic heterocycles. The standard InChI is InChI=1S/C16H18N4O4S/c1-9-4-5-11(20(23)24)8-13(9)18-14(21)7-6-12-10(2)17-16(25-3)19-15(12)22/h4-5,8H,6-7H2,1-3H3,(H,18,21)(H,17,19,22). The van der Waals surface area contributed by atoms with E-state index in [-0.39, 0.29) is 30.0 Å². The van der Waals surface area contributed by atoms with Gasteiger partial charge in [0.1, 0.15) is 0 Å². The fraction of sp³-hybridized carbons (Fsp3) is 0.312. The van der Waals surface area contributed by atoms with Gasteiger partial charge in [0.05, 0.1) is 10.6 Å². The maximum absolute atomic E-state index is 12.1. The number of carbonyl (C=O) groups excluding carboxylic acids is 1. The van der Waals surface area contributed by atoms with Crippen LogP contribution in [-0.2, 0) is 11.2 Å². The highest BCUT2D eigenvalue weighted by Gasteiger charge is 2.13. The second-order valence-electron chi connectivity index (χ2n) is 5.44. The lowest BCUT2D eigenvalue weighted by Gasteiger charge is -2.09. The number of amides is 1. The lowest BCUT2D eigenvalue weighted by Crippen LogP contribution is -2.20. The molecule has 1 aromatic heterocycles. The van der Waals surface area contributed by atoms with Crippen LogP contribution in [0.4, 0.5) is 11.4 Å². The van der Waals surface area contributed by atoms with Gasteiger partial charge in [-0.25, -0.2) is 4.98 Å². The fourth-order valence-electron chi connectivity index (χ4n) is 2.29. The number of aromatic nitrogens is 2. The molecule has 0 spiro atoms. The molecular weight excluding hydrogens is 344 g/mol. The van der Waals surface area contributed by atoms with Gasteiger partial charge in [-0.15, -0.1) is 0 Å². The number of hydrogen-bond donors (Lipinski definition) is 2. The van der Waals surface area contributed by atoms with E-state index >= 15 is 0 Å². The number of thioether (sulfide) groups is 1. The number of nitro groups is 1. The van der Waals surface area contributed by atoms with Gasteiger partial charge in [0.25, 0.3) is 11.2 Å². The van der Waals surface area contributed by atoms with E-state index in [1.165, 1.54) is 23.9 Å². The Morgan fingerprint density at radius 1 is 1.40 bits per heavy atom. The molecule has 0 atom stereocenters. The Morgan fingerprint density at radius 2 is 2.12 bits per heavy atom. The van der Waals surface area contributed by atoms with Crippen molar-refractivity contribution >= 4 is 29.0 Å². The number of H-pyrrole nitrogens is 1. The summed E-state index contributed by atoms with van der Waals surface area (Å²) in [5, 5.41) is 14.0. The van der Waals surface area contributed by atoms with Crippen molar-refractivity contribution in [2.45, 2.75) is 31.8 Å². The van der Waals surface area contributed by atoms with Gasteiger partial charge in [0.15, 0.2) is 5.16 Å². The zero-order valence-corrected chi connectivity index (χ0v) is 14.9. The quantitative estimate of drug-likeness (QED) is 0.353. The summed E-state index contributed by atoms with van der Waals surface area (Å²) in [6.45, 7) is 3.48. The molecule has 0 aliphatic rings. The summed E-state index contributed by atoms with van der Waals surface area (Å²) in [5.74, 6) is -0.323. The summed E-state index contributed by atoms with van der Waals surface area (Å²) in [6, 6.07) is 4.28. The third-order valence-electron chi connectivity index (χ3n) is 3.70. The molecule has 0 unspecified atom stereocenters. The van der Waals surface area contributed by atoms with Gasteiger partial charge in [-0.2, -0.15) is 0 Å². The molecule has 132 valence electrons. The second-order valence-corrected chi connectivity index (χ2v) is 6.24. The number of nitro benzene ring substituents is 1. The molecule has 2 N–H and O–H groups in total. The molecule has 2 rings (SSSR count). The van der Waals surface area contributed by atoms with Gasteiger partial charge < -0.3 is 10.3 Å². The third kappa shape index (κ3) is 4.66. The molecule has 1 aromatic carbocycles. The van der Waals surface area contributed by atoms with Crippen LogP contribution in [0.3, 0.4) is 0 Å². The van der Waals surface area contributed by atoms with Crippen LogP contribution in [0.2, 0.25) is 0 Å². The number of aromatic amines is 1. The molecule has 9 heteroatoms. The number of rotatable bonds is 6. The van der Waals surface area contributed by atoms with Crippen molar-refractivity contribution in [2.75, 3.05) is 11.6 Å². The van der Waals surface area contributed by atoms with Gasteiger partial charge in [-0.3, -0.25) is 19.7 Å². The number of hydrogen-bond acceptors (Lipinski definition) is 6. The van der Waals surface area contributed by atoms with E-state index in [1.54, 1.807) is 19.9 Å². The topological polar surface area (TPSA) is 118 Å². The van der Waals surface area contributed by atoms with E-state index in [9.17, 15) is 19.7 Å². The molecular formula is C16H18N4O4S. The van der Waals surface area contributed by atoms with Crippen LogP contribution in [0.1, 0.15) is 23.2 Å². The molecule has 0 fully saturated rings. The van der Waals surface area contributed by atoms with Crippen molar-refractivity contribution in [1.82, 2.24) is 9.97 Å². The van der Waals surface area contributed by atoms with Crippen LogP contribution in [0, 0.1) is 24.0 Å². The monoisotopic (exact) mass is 362 g/mol. The minimum absolute atomic E-state index is 0.0757. The highest BCUT2D eigenvalue weighted by Crippen LogP contribution is 2.22. The summed E-state index contributed by atoms with van der Waals surface area (Å²) in [6.07, 6.45) is 2.13. The number of nitrogens with zero attached hydrogens (tertiary/aromatic N) is 2. The summed E-state index contributed by atoms with van der Waals surface area (Å²) < 4.78 is 0. The largest absolute Gasteiger partial charge is 0.326 e. The molecule has 0 aliphatic carbocycles.